The molecule has 1 heterocycles. The zero-order chi connectivity index (χ0) is 23.5. The summed E-state index contributed by atoms with van der Waals surface area (Å²) in [7, 11) is 0. The van der Waals surface area contributed by atoms with E-state index in [1.165, 1.54) is 18.2 Å². The van der Waals surface area contributed by atoms with Crippen LogP contribution in [0.15, 0.2) is 72.3 Å². The summed E-state index contributed by atoms with van der Waals surface area (Å²) >= 11 is 11.8. The lowest BCUT2D eigenvalue weighted by Gasteiger charge is -2.26. The van der Waals surface area contributed by atoms with Crippen LogP contribution in [-0.4, -0.2) is 23.0 Å². The average molecular weight is 483 g/mol. The molecule has 1 fully saturated rings. The number of hydrogen-bond acceptors (Lipinski definition) is 5. The summed E-state index contributed by atoms with van der Waals surface area (Å²) in [5, 5.41) is 11.8. The van der Waals surface area contributed by atoms with Crippen LogP contribution in [0.1, 0.15) is 11.1 Å². The minimum Gasteiger partial charge on any atom is -0.505 e. The van der Waals surface area contributed by atoms with E-state index in [1.54, 1.807) is 24.3 Å². The molecule has 0 atom stereocenters. The van der Waals surface area contributed by atoms with Crippen LogP contribution in [0, 0.1) is 0 Å². The molecule has 3 aromatic carbocycles. The first-order chi connectivity index (χ1) is 15.8. The third-order valence-electron chi connectivity index (χ3n) is 4.80. The Kier molecular flexibility index (Phi) is 6.35. The number of aromatic hydroxyl groups is 1. The highest BCUT2D eigenvalue weighted by Gasteiger charge is 2.36. The topological polar surface area (TPSA) is 95.9 Å². The molecule has 1 saturated heterocycles. The smallest absolute Gasteiger partial charge is 0.335 e. The maximum absolute atomic E-state index is 13.0. The monoisotopic (exact) mass is 482 g/mol. The van der Waals surface area contributed by atoms with Crippen molar-refractivity contribution in [2.24, 2.45) is 0 Å². The Morgan fingerprint density at radius 3 is 2.21 bits per heavy atom. The van der Waals surface area contributed by atoms with Crippen molar-refractivity contribution in [3.8, 4) is 11.5 Å². The first-order valence-corrected chi connectivity index (χ1v) is 10.5. The van der Waals surface area contributed by atoms with Crippen LogP contribution in [0.25, 0.3) is 6.08 Å². The number of hydrogen-bond donors (Lipinski definition) is 2. The molecule has 0 bridgehead atoms. The summed E-state index contributed by atoms with van der Waals surface area (Å²) in [4.78, 5) is 38.6. The van der Waals surface area contributed by atoms with Crippen molar-refractivity contribution < 1.29 is 24.2 Å². The van der Waals surface area contributed by atoms with Crippen molar-refractivity contribution in [1.29, 1.82) is 0 Å². The highest BCUT2D eigenvalue weighted by molar-refractivity contribution is 6.40. The number of halogens is 2. The van der Waals surface area contributed by atoms with E-state index in [2.05, 4.69) is 5.32 Å². The molecular formula is C24H16Cl2N2O5. The Balaban J connectivity index is 1.56. The van der Waals surface area contributed by atoms with Crippen LogP contribution in [-0.2, 0) is 16.2 Å². The van der Waals surface area contributed by atoms with Gasteiger partial charge in [0.15, 0.2) is 5.75 Å². The Hall–Kier alpha value is -3.81. The molecule has 166 valence electrons. The van der Waals surface area contributed by atoms with Gasteiger partial charge in [-0.2, -0.15) is 0 Å². The second-order valence-electron chi connectivity index (χ2n) is 7.06. The van der Waals surface area contributed by atoms with E-state index in [4.69, 9.17) is 27.9 Å². The van der Waals surface area contributed by atoms with Crippen molar-refractivity contribution in [2.75, 3.05) is 4.90 Å². The number of rotatable bonds is 5. The van der Waals surface area contributed by atoms with Gasteiger partial charge in [-0.3, -0.25) is 14.9 Å². The third-order valence-corrected chi connectivity index (χ3v) is 5.37. The number of anilines is 1. The summed E-state index contributed by atoms with van der Waals surface area (Å²) in [6, 6.07) is 17.7. The fourth-order valence-corrected chi connectivity index (χ4v) is 3.66. The van der Waals surface area contributed by atoms with E-state index in [0.717, 1.165) is 10.5 Å². The number of benzene rings is 3. The van der Waals surface area contributed by atoms with E-state index in [0.29, 0.717) is 17.9 Å². The number of ether oxygens (including phenoxy) is 1. The molecule has 0 spiro atoms. The number of phenolic OH excluding ortho intramolecular Hbond substituents is 1. The molecule has 4 rings (SSSR count). The number of imide groups is 2. The van der Waals surface area contributed by atoms with Gasteiger partial charge in [-0.05, 0) is 53.6 Å². The number of urea groups is 1. The van der Waals surface area contributed by atoms with Gasteiger partial charge in [0.05, 0.1) is 15.7 Å². The van der Waals surface area contributed by atoms with Crippen LogP contribution in [0.2, 0.25) is 10.0 Å². The minimum absolute atomic E-state index is 0.0444. The molecule has 3 aromatic rings. The minimum atomic E-state index is -0.873. The number of carbonyl (C=O) groups is 3. The molecule has 1 aliphatic heterocycles. The standard InChI is InChI=1S/C24H16Cl2N2O5/c25-19-11-15(12-20(26)21(19)29)10-18-22(30)27-24(32)28(23(18)31)16-6-8-17(9-7-16)33-13-14-4-2-1-3-5-14/h1-12,29H,13H2,(H,27,30,32)/b18-10+. The SMILES string of the molecule is O=C1NC(=O)N(c2ccc(OCc3ccccc3)cc2)C(=O)/C1=C/c1cc(Cl)c(O)c(Cl)c1. The van der Waals surface area contributed by atoms with Crippen LogP contribution in [0.4, 0.5) is 10.5 Å². The number of nitrogens with one attached hydrogen (secondary N) is 1. The van der Waals surface area contributed by atoms with Crippen LogP contribution >= 0.6 is 23.2 Å². The first-order valence-electron chi connectivity index (χ1n) is 9.70. The molecule has 4 amide bonds. The molecule has 0 unspecified atom stereocenters. The van der Waals surface area contributed by atoms with Gasteiger partial charge in [-0.1, -0.05) is 53.5 Å². The fraction of sp³-hybridized carbons (Fsp3) is 0.0417. The Bertz CT molecular complexity index is 1250. The number of nitrogens with zero attached hydrogens (tertiary/aromatic N) is 1. The number of amides is 4. The number of carbonyl (C=O) groups excluding carboxylic acids is 3. The average Bonchev–Trinajstić information content (AvgIpc) is 2.80. The van der Waals surface area contributed by atoms with Gasteiger partial charge in [0.1, 0.15) is 17.9 Å². The summed E-state index contributed by atoms with van der Waals surface area (Å²) in [5.74, 6) is -1.44. The Morgan fingerprint density at radius 1 is 0.939 bits per heavy atom. The lowest BCUT2D eigenvalue weighted by Crippen LogP contribution is -2.54. The van der Waals surface area contributed by atoms with Gasteiger partial charge in [-0.25, -0.2) is 9.69 Å². The lowest BCUT2D eigenvalue weighted by atomic mass is 10.1. The molecule has 0 radical (unpaired) electrons. The normalized spacial score (nSPS) is 15.0. The second kappa shape index (κ2) is 9.36. The van der Waals surface area contributed by atoms with Crippen molar-refractivity contribution >= 4 is 52.8 Å². The molecule has 0 aromatic heterocycles. The van der Waals surface area contributed by atoms with Gasteiger partial charge in [0.25, 0.3) is 11.8 Å². The van der Waals surface area contributed by atoms with Crippen LogP contribution in [0.3, 0.4) is 0 Å². The predicted molar refractivity (Wildman–Crippen MR) is 124 cm³/mol. The Labute approximate surface area is 198 Å². The molecule has 7 nitrogen and oxygen atoms in total. The summed E-state index contributed by atoms with van der Waals surface area (Å²) in [6.45, 7) is 0.364. The van der Waals surface area contributed by atoms with Crippen LogP contribution < -0.4 is 15.0 Å². The summed E-state index contributed by atoms with van der Waals surface area (Å²) in [6.07, 6.45) is 1.24. The quantitative estimate of drug-likeness (QED) is 0.396. The maximum Gasteiger partial charge on any atom is 0.335 e. The molecule has 33 heavy (non-hydrogen) atoms. The molecule has 1 aliphatic rings. The molecule has 9 heteroatoms. The molecule has 0 aliphatic carbocycles. The predicted octanol–water partition coefficient (Wildman–Crippen LogP) is 4.94. The maximum atomic E-state index is 13.0. The molecule has 0 saturated carbocycles. The Morgan fingerprint density at radius 2 is 1.58 bits per heavy atom. The van der Waals surface area contributed by atoms with Crippen molar-refractivity contribution in [2.45, 2.75) is 6.61 Å². The zero-order valence-corrected chi connectivity index (χ0v) is 18.4. The van der Waals surface area contributed by atoms with Gasteiger partial charge >= 0.3 is 6.03 Å². The van der Waals surface area contributed by atoms with Gasteiger partial charge in [-0.15, -0.1) is 0 Å². The van der Waals surface area contributed by atoms with Crippen LogP contribution in [0.5, 0.6) is 11.5 Å². The lowest BCUT2D eigenvalue weighted by molar-refractivity contribution is -0.122. The van der Waals surface area contributed by atoms with Crippen molar-refractivity contribution in [1.82, 2.24) is 5.32 Å². The fourth-order valence-electron chi connectivity index (χ4n) is 3.16. The van der Waals surface area contributed by atoms with E-state index in [-0.39, 0.29) is 27.1 Å². The van der Waals surface area contributed by atoms with E-state index in [1.807, 2.05) is 30.3 Å². The number of barbiturate groups is 1. The molecular weight excluding hydrogens is 467 g/mol. The van der Waals surface area contributed by atoms with Gasteiger partial charge in [0, 0.05) is 0 Å². The zero-order valence-electron chi connectivity index (χ0n) is 16.9. The first kappa shape index (κ1) is 22.4. The summed E-state index contributed by atoms with van der Waals surface area (Å²) < 4.78 is 5.72. The van der Waals surface area contributed by atoms with E-state index >= 15 is 0 Å². The van der Waals surface area contributed by atoms with Gasteiger partial charge < -0.3 is 9.84 Å². The third kappa shape index (κ3) is 4.84. The largest absolute Gasteiger partial charge is 0.505 e. The number of phenols is 1. The van der Waals surface area contributed by atoms with E-state index in [9.17, 15) is 19.5 Å². The van der Waals surface area contributed by atoms with Crippen molar-refractivity contribution in [3.63, 3.8) is 0 Å². The van der Waals surface area contributed by atoms with E-state index < -0.39 is 17.8 Å². The highest BCUT2D eigenvalue weighted by atomic mass is 35.5. The molecule has 2 N–H and O–H groups in total. The van der Waals surface area contributed by atoms with Gasteiger partial charge in [0.2, 0.25) is 0 Å². The summed E-state index contributed by atoms with van der Waals surface area (Å²) in [5.41, 5.74) is 1.26. The van der Waals surface area contributed by atoms with Crippen molar-refractivity contribution in [3.05, 3.63) is 93.5 Å². The highest BCUT2D eigenvalue weighted by Crippen LogP contribution is 2.34. The second-order valence-corrected chi connectivity index (χ2v) is 7.87.